The number of rotatable bonds is 8. The van der Waals surface area contributed by atoms with Crippen LogP contribution in [0.15, 0.2) is 64.7 Å². The molecule has 2 aromatic rings. The fourth-order valence-corrected chi connectivity index (χ4v) is 3.89. The average molecular weight is 420 g/mol. The lowest BCUT2D eigenvalue weighted by Gasteiger charge is -2.32. The first-order valence-electron chi connectivity index (χ1n) is 11.0. The van der Waals surface area contributed by atoms with Gasteiger partial charge in [-0.15, -0.1) is 0 Å². The van der Waals surface area contributed by atoms with Crippen LogP contribution in [0.25, 0.3) is 0 Å². The minimum absolute atomic E-state index is 0.00660. The van der Waals surface area contributed by atoms with E-state index >= 15 is 0 Å². The number of nitrogens with two attached hydrogens (primary N) is 1. The Kier molecular flexibility index (Phi) is 8.35. The molecule has 0 spiro atoms. The minimum Gasteiger partial charge on any atom is -0.350 e. The summed E-state index contributed by atoms with van der Waals surface area (Å²) in [5.41, 5.74) is 3.94. The summed E-state index contributed by atoms with van der Waals surface area (Å²) in [6.07, 6.45) is 3.89. The number of nitrogens with one attached hydrogen (secondary N) is 1. The third-order valence-corrected chi connectivity index (χ3v) is 5.54. The van der Waals surface area contributed by atoms with Crippen molar-refractivity contribution in [2.75, 3.05) is 19.6 Å². The molecular weight excluding hydrogens is 386 g/mol. The molecule has 0 aliphatic carbocycles. The number of piperidine rings is 1. The van der Waals surface area contributed by atoms with E-state index in [1.165, 1.54) is 11.1 Å². The van der Waals surface area contributed by atoms with Crippen LogP contribution >= 0.6 is 0 Å². The summed E-state index contributed by atoms with van der Waals surface area (Å²) in [5, 5.41) is 6.89. The van der Waals surface area contributed by atoms with E-state index < -0.39 is 0 Å². The van der Waals surface area contributed by atoms with Crippen LogP contribution in [-0.4, -0.2) is 48.4 Å². The smallest absolute Gasteiger partial charge is 0.251 e. The zero-order valence-corrected chi connectivity index (χ0v) is 18.5. The zero-order valence-electron chi connectivity index (χ0n) is 18.5. The molecule has 2 aromatic carbocycles. The Bertz CT molecular complexity index is 899. The number of carbonyl (C=O) groups excluding carboxylic acids is 1. The highest BCUT2D eigenvalue weighted by atomic mass is 16.1. The number of nitrogens with zero attached hydrogens (tertiary/aromatic N) is 3. The van der Waals surface area contributed by atoms with E-state index in [0.29, 0.717) is 19.0 Å². The van der Waals surface area contributed by atoms with Crippen molar-refractivity contribution >= 4 is 17.8 Å². The maximum atomic E-state index is 12.3. The Labute approximate surface area is 185 Å². The fourth-order valence-electron chi connectivity index (χ4n) is 3.89. The second-order valence-corrected chi connectivity index (χ2v) is 8.38. The molecule has 164 valence electrons. The first-order chi connectivity index (χ1) is 15.0. The summed E-state index contributed by atoms with van der Waals surface area (Å²) in [5.74, 6) is 6.06. The van der Waals surface area contributed by atoms with Gasteiger partial charge >= 0.3 is 0 Å². The number of hydrogen-bond acceptors (Lipinski definition) is 5. The monoisotopic (exact) mass is 419 g/mol. The molecule has 31 heavy (non-hydrogen) atoms. The molecule has 0 atom stereocenters. The Hall–Kier alpha value is -2.99. The number of benzene rings is 2. The maximum absolute atomic E-state index is 12.3. The maximum Gasteiger partial charge on any atom is 0.251 e. The third kappa shape index (κ3) is 7.03. The van der Waals surface area contributed by atoms with Crippen LogP contribution < -0.4 is 11.2 Å². The van der Waals surface area contributed by atoms with Gasteiger partial charge in [0.25, 0.3) is 5.91 Å². The summed E-state index contributed by atoms with van der Waals surface area (Å²) < 4.78 is 0. The van der Waals surface area contributed by atoms with E-state index in [1.54, 1.807) is 6.21 Å². The van der Waals surface area contributed by atoms with Crippen molar-refractivity contribution in [3.05, 3.63) is 71.3 Å². The van der Waals surface area contributed by atoms with Crippen molar-refractivity contribution < 1.29 is 4.79 Å². The highest BCUT2D eigenvalue weighted by Crippen LogP contribution is 2.28. The molecule has 1 heterocycles. The first-order valence-corrected chi connectivity index (χ1v) is 11.0. The van der Waals surface area contributed by atoms with E-state index in [0.717, 1.165) is 37.2 Å². The first kappa shape index (κ1) is 22.7. The number of hydrogen-bond donors (Lipinski definition) is 2. The summed E-state index contributed by atoms with van der Waals surface area (Å²) in [6.45, 7) is 7.23. The van der Waals surface area contributed by atoms with Crippen molar-refractivity contribution in [2.24, 2.45) is 15.9 Å². The second kappa shape index (κ2) is 11.4. The lowest BCUT2D eigenvalue weighted by Crippen LogP contribution is -2.37. The molecular formula is C25H33N5O. The molecule has 1 saturated heterocycles. The molecule has 3 rings (SSSR count). The van der Waals surface area contributed by atoms with Crippen molar-refractivity contribution in [1.82, 2.24) is 10.2 Å². The molecule has 1 aliphatic rings. The summed E-state index contributed by atoms with van der Waals surface area (Å²) in [6, 6.07) is 18.3. The van der Waals surface area contributed by atoms with Crippen molar-refractivity contribution in [2.45, 2.75) is 45.2 Å². The van der Waals surface area contributed by atoms with Gasteiger partial charge in [0, 0.05) is 24.4 Å². The molecule has 3 N–H and O–H groups in total. The molecule has 0 saturated carbocycles. The predicted octanol–water partition coefficient (Wildman–Crippen LogP) is 3.59. The van der Waals surface area contributed by atoms with Gasteiger partial charge in [-0.2, -0.15) is 5.10 Å². The van der Waals surface area contributed by atoms with Gasteiger partial charge in [0.05, 0.1) is 12.3 Å². The predicted molar refractivity (Wildman–Crippen MR) is 128 cm³/mol. The molecule has 1 fully saturated rings. The van der Waals surface area contributed by atoms with E-state index in [9.17, 15) is 4.79 Å². The van der Waals surface area contributed by atoms with Gasteiger partial charge in [0.2, 0.25) is 0 Å². The van der Waals surface area contributed by atoms with E-state index in [-0.39, 0.29) is 11.9 Å². The summed E-state index contributed by atoms with van der Waals surface area (Å²) in [7, 11) is 0. The summed E-state index contributed by atoms with van der Waals surface area (Å²) >= 11 is 0. The molecule has 6 nitrogen and oxygen atoms in total. The van der Waals surface area contributed by atoms with Crippen molar-refractivity contribution in [3.63, 3.8) is 0 Å². The van der Waals surface area contributed by atoms with Crippen molar-refractivity contribution in [1.29, 1.82) is 0 Å². The fraction of sp³-hybridized carbons (Fsp3) is 0.400. The Morgan fingerprint density at radius 2 is 1.90 bits per heavy atom. The van der Waals surface area contributed by atoms with Gasteiger partial charge in [-0.1, -0.05) is 42.5 Å². The molecule has 0 radical (unpaired) electrons. The van der Waals surface area contributed by atoms with Gasteiger partial charge in [-0.05, 0) is 69.0 Å². The van der Waals surface area contributed by atoms with E-state index in [1.807, 2.05) is 50.2 Å². The van der Waals surface area contributed by atoms with Crippen LogP contribution in [0.2, 0.25) is 0 Å². The van der Waals surface area contributed by atoms with Gasteiger partial charge in [0.15, 0.2) is 0 Å². The highest BCUT2D eigenvalue weighted by Gasteiger charge is 2.22. The van der Waals surface area contributed by atoms with E-state index in [4.69, 9.17) is 5.84 Å². The molecule has 0 unspecified atom stereocenters. The number of carbonyl (C=O) groups is 1. The Balaban J connectivity index is 1.50. The number of hydrazone groups is 1. The standard InChI is InChI=1S/C25H33N5O/c1-19(2)28-25(31)23-10-6-9-22(15-23)21-11-13-30(14-12-21)18-24(29-26)17-27-16-20-7-4-3-5-8-20/h3-10,15,17,19,21H,11-14,16,18,26H2,1-2H3,(H,28,31). The van der Waals surface area contributed by atoms with Gasteiger partial charge in [-0.25, -0.2) is 0 Å². The van der Waals surface area contributed by atoms with Crippen LogP contribution in [0, 0.1) is 0 Å². The number of amides is 1. The molecule has 1 amide bonds. The topological polar surface area (TPSA) is 83.1 Å². The highest BCUT2D eigenvalue weighted by molar-refractivity contribution is 6.31. The average Bonchev–Trinajstić information content (AvgIpc) is 2.79. The quantitative estimate of drug-likeness (QED) is 0.390. The lowest BCUT2D eigenvalue weighted by atomic mass is 9.88. The van der Waals surface area contributed by atoms with Crippen LogP contribution in [-0.2, 0) is 6.54 Å². The van der Waals surface area contributed by atoms with Crippen LogP contribution in [0.3, 0.4) is 0 Å². The second-order valence-electron chi connectivity index (χ2n) is 8.38. The zero-order chi connectivity index (χ0) is 22.1. The number of aliphatic imine (C=N–C) groups is 1. The number of likely N-dealkylation sites (tertiary alicyclic amines) is 1. The van der Waals surface area contributed by atoms with Gasteiger partial charge < -0.3 is 11.2 Å². The molecule has 0 bridgehead atoms. The Morgan fingerprint density at radius 1 is 1.16 bits per heavy atom. The molecule has 6 heteroatoms. The molecule has 0 aromatic heterocycles. The largest absolute Gasteiger partial charge is 0.350 e. The third-order valence-electron chi connectivity index (χ3n) is 5.54. The SMILES string of the molecule is CC(C)NC(=O)c1cccc(C2CCN(CC(C=NCc3ccccc3)=NN)CC2)c1. The van der Waals surface area contributed by atoms with Crippen molar-refractivity contribution in [3.8, 4) is 0 Å². The Morgan fingerprint density at radius 3 is 2.58 bits per heavy atom. The van der Waals surface area contributed by atoms with Crippen LogP contribution in [0.1, 0.15) is 54.1 Å². The van der Waals surface area contributed by atoms with Crippen LogP contribution in [0.4, 0.5) is 0 Å². The lowest BCUT2D eigenvalue weighted by molar-refractivity contribution is 0.0943. The van der Waals surface area contributed by atoms with Crippen LogP contribution in [0.5, 0.6) is 0 Å². The molecule has 1 aliphatic heterocycles. The van der Waals surface area contributed by atoms with E-state index in [2.05, 4.69) is 38.5 Å². The normalized spacial score (nSPS) is 16.2. The minimum atomic E-state index is -0.00660. The van der Waals surface area contributed by atoms with Gasteiger partial charge in [0.1, 0.15) is 0 Å². The summed E-state index contributed by atoms with van der Waals surface area (Å²) in [4.78, 5) is 19.2. The van der Waals surface area contributed by atoms with Gasteiger partial charge in [-0.3, -0.25) is 14.7 Å².